The molecule has 3 atom stereocenters. The minimum absolute atomic E-state index is 0.0665. The lowest BCUT2D eigenvalue weighted by molar-refractivity contribution is -0.140. The zero-order chi connectivity index (χ0) is 29.7. The van der Waals surface area contributed by atoms with Crippen molar-refractivity contribution in [2.75, 3.05) is 26.3 Å². The van der Waals surface area contributed by atoms with Crippen molar-refractivity contribution in [2.45, 2.75) is 77.3 Å². The molecule has 2 aromatic rings. The molecule has 3 amide bonds. The summed E-state index contributed by atoms with van der Waals surface area (Å²) in [6.07, 6.45) is 9.14. The number of aryl methyl sites for hydroxylation is 2. The molecule has 9 nitrogen and oxygen atoms in total. The van der Waals surface area contributed by atoms with Gasteiger partial charge in [0.1, 0.15) is 6.04 Å². The topological polar surface area (TPSA) is 106 Å². The maximum Gasteiger partial charge on any atom is 0.243 e. The molecule has 1 aromatic heterocycles. The molecule has 2 N–H and O–H groups in total. The Labute approximate surface area is 249 Å². The second-order valence-corrected chi connectivity index (χ2v) is 12.3. The van der Waals surface area contributed by atoms with Crippen LogP contribution < -0.4 is 10.6 Å². The summed E-state index contributed by atoms with van der Waals surface area (Å²) in [4.78, 5) is 42.8. The van der Waals surface area contributed by atoms with Crippen molar-refractivity contribution in [3.8, 4) is 0 Å². The van der Waals surface area contributed by atoms with Crippen molar-refractivity contribution < 1.29 is 19.1 Å². The molecule has 1 spiro atoms. The first-order valence-corrected chi connectivity index (χ1v) is 15.4. The van der Waals surface area contributed by atoms with Gasteiger partial charge in [-0.15, -0.1) is 0 Å². The highest BCUT2D eigenvalue weighted by Crippen LogP contribution is 2.36. The van der Waals surface area contributed by atoms with Gasteiger partial charge in [-0.2, -0.15) is 5.10 Å². The maximum atomic E-state index is 13.8. The molecule has 0 saturated carbocycles. The SMILES string of the molecule is Cc1nn(C)c(C)c1CCC(=O)N1CC[C@@H]2NC(=O)[C@@H](Cc3ccccc3)NC(=O)C3(C/C=C/C[C@@H]2C1)CCOCC3. The number of fused-ring (bicyclic) bond motifs is 1. The number of hydrogen-bond acceptors (Lipinski definition) is 5. The Bertz CT molecular complexity index is 1300. The van der Waals surface area contributed by atoms with E-state index in [1.165, 1.54) is 0 Å². The number of carbonyl (C=O) groups excluding carboxylic acids is 3. The number of nitrogens with one attached hydrogen (secondary N) is 2. The number of amides is 3. The summed E-state index contributed by atoms with van der Waals surface area (Å²) in [5, 5.41) is 10.9. The Morgan fingerprint density at radius 2 is 1.86 bits per heavy atom. The number of piperidine rings is 1. The molecule has 3 aliphatic heterocycles. The highest BCUT2D eigenvalue weighted by molar-refractivity contribution is 5.90. The van der Waals surface area contributed by atoms with Gasteiger partial charge in [0.25, 0.3) is 0 Å². The standard InChI is InChI=1S/C33H45N5O4/c1-23-27(24(2)37(3)36-23)12-13-30(39)38-18-14-28-26(22-38)11-7-8-15-33(16-19-42-20-17-33)32(41)35-29(31(40)34-28)21-25-9-5-4-6-10-25/h4-10,26,28-29H,11-22H2,1-3H3,(H,34,40)(H,35,41)/b8-7+/t26-,28+,29-/m1/s1. The Kier molecular flexibility index (Phi) is 9.46. The Balaban J connectivity index is 1.32. The van der Waals surface area contributed by atoms with Crippen molar-refractivity contribution in [3.63, 3.8) is 0 Å². The minimum atomic E-state index is -0.672. The molecule has 2 fully saturated rings. The number of nitrogens with zero attached hydrogens (tertiary/aromatic N) is 3. The lowest BCUT2D eigenvalue weighted by Crippen LogP contribution is -2.58. The number of hydrogen-bond donors (Lipinski definition) is 2. The Morgan fingerprint density at radius 1 is 1.10 bits per heavy atom. The summed E-state index contributed by atoms with van der Waals surface area (Å²) in [7, 11) is 1.93. The van der Waals surface area contributed by atoms with Gasteiger partial charge in [0.2, 0.25) is 17.7 Å². The lowest BCUT2D eigenvalue weighted by Gasteiger charge is -2.40. The van der Waals surface area contributed by atoms with E-state index in [-0.39, 0.29) is 29.7 Å². The van der Waals surface area contributed by atoms with Crippen LogP contribution in [0.25, 0.3) is 0 Å². The molecule has 0 aliphatic carbocycles. The molecule has 0 unspecified atom stereocenters. The molecule has 3 aliphatic rings. The molecule has 4 heterocycles. The van der Waals surface area contributed by atoms with Gasteiger partial charge in [0.05, 0.1) is 11.1 Å². The molecule has 0 bridgehead atoms. The van der Waals surface area contributed by atoms with Crippen LogP contribution in [0.1, 0.15) is 61.0 Å². The molecule has 5 rings (SSSR count). The molecule has 42 heavy (non-hydrogen) atoms. The van der Waals surface area contributed by atoms with Crippen molar-refractivity contribution in [3.05, 3.63) is 65.0 Å². The summed E-state index contributed by atoms with van der Waals surface area (Å²) in [5.41, 5.74) is 3.65. The van der Waals surface area contributed by atoms with Crippen molar-refractivity contribution in [2.24, 2.45) is 18.4 Å². The average Bonchev–Trinajstić information content (AvgIpc) is 3.24. The smallest absolute Gasteiger partial charge is 0.243 e. The van der Waals surface area contributed by atoms with Gasteiger partial charge in [-0.25, -0.2) is 0 Å². The fourth-order valence-corrected chi connectivity index (χ4v) is 6.78. The molecule has 2 saturated heterocycles. The monoisotopic (exact) mass is 575 g/mol. The molecule has 226 valence electrons. The zero-order valence-electron chi connectivity index (χ0n) is 25.2. The number of benzene rings is 1. The molecular formula is C33H45N5O4. The highest BCUT2D eigenvalue weighted by atomic mass is 16.5. The molecule has 9 heteroatoms. The molecule has 1 aromatic carbocycles. The average molecular weight is 576 g/mol. The van der Waals surface area contributed by atoms with Gasteiger partial charge < -0.3 is 20.3 Å². The first-order valence-electron chi connectivity index (χ1n) is 15.4. The van der Waals surface area contributed by atoms with Crippen molar-refractivity contribution in [1.29, 1.82) is 0 Å². The van der Waals surface area contributed by atoms with Crippen LogP contribution >= 0.6 is 0 Å². The lowest BCUT2D eigenvalue weighted by atomic mass is 9.75. The summed E-state index contributed by atoms with van der Waals surface area (Å²) in [6.45, 7) is 6.33. The van der Waals surface area contributed by atoms with Gasteiger partial charge in [-0.3, -0.25) is 19.1 Å². The van der Waals surface area contributed by atoms with Crippen LogP contribution in [0.4, 0.5) is 0 Å². The van der Waals surface area contributed by atoms with Crippen molar-refractivity contribution >= 4 is 17.7 Å². The fraction of sp³-hybridized carbons (Fsp3) is 0.576. The van der Waals surface area contributed by atoms with Crippen LogP contribution in [0, 0.1) is 25.2 Å². The third-order valence-corrected chi connectivity index (χ3v) is 9.61. The predicted molar refractivity (Wildman–Crippen MR) is 161 cm³/mol. The number of ether oxygens (including phenoxy) is 1. The van der Waals surface area contributed by atoms with Crippen LogP contribution in [0.15, 0.2) is 42.5 Å². The van der Waals surface area contributed by atoms with E-state index in [4.69, 9.17) is 4.74 Å². The van der Waals surface area contributed by atoms with E-state index < -0.39 is 11.5 Å². The van der Waals surface area contributed by atoms with E-state index in [0.29, 0.717) is 71.2 Å². The largest absolute Gasteiger partial charge is 0.381 e. The van der Waals surface area contributed by atoms with E-state index in [2.05, 4.69) is 27.9 Å². The van der Waals surface area contributed by atoms with Crippen LogP contribution in [0.3, 0.4) is 0 Å². The first kappa shape index (κ1) is 30.0. The molecular weight excluding hydrogens is 530 g/mol. The third kappa shape index (κ3) is 6.77. The Morgan fingerprint density at radius 3 is 2.57 bits per heavy atom. The quantitative estimate of drug-likeness (QED) is 0.533. The summed E-state index contributed by atoms with van der Waals surface area (Å²) in [6, 6.07) is 9.10. The molecule has 0 radical (unpaired) electrons. The van der Waals surface area contributed by atoms with E-state index in [0.717, 1.165) is 28.9 Å². The summed E-state index contributed by atoms with van der Waals surface area (Å²) < 4.78 is 7.48. The van der Waals surface area contributed by atoms with Crippen LogP contribution in [-0.4, -0.2) is 70.8 Å². The van der Waals surface area contributed by atoms with Gasteiger partial charge in [0.15, 0.2) is 0 Å². The van der Waals surface area contributed by atoms with E-state index in [9.17, 15) is 14.4 Å². The van der Waals surface area contributed by atoms with Gasteiger partial charge >= 0.3 is 0 Å². The minimum Gasteiger partial charge on any atom is -0.381 e. The summed E-state index contributed by atoms with van der Waals surface area (Å²) >= 11 is 0. The van der Waals surface area contributed by atoms with E-state index in [1.54, 1.807) is 0 Å². The first-order chi connectivity index (χ1) is 20.3. The van der Waals surface area contributed by atoms with Crippen molar-refractivity contribution in [1.82, 2.24) is 25.3 Å². The van der Waals surface area contributed by atoms with E-state index in [1.807, 2.05) is 60.8 Å². The second kappa shape index (κ2) is 13.2. The third-order valence-electron chi connectivity index (χ3n) is 9.61. The number of aromatic nitrogens is 2. The number of carbonyl (C=O) groups is 3. The highest BCUT2D eigenvalue weighted by Gasteiger charge is 2.41. The van der Waals surface area contributed by atoms with E-state index >= 15 is 0 Å². The van der Waals surface area contributed by atoms with Gasteiger partial charge in [0, 0.05) is 63.8 Å². The van der Waals surface area contributed by atoms with Crippen LogP contribution in [0.2, 0.25) is 0 Å². The zero-order valence-corrected chi connectivity index (χ0v) is 25.2. The fourth-order valence-electron chi connectivity index (χ4n) is 6.78. The normalized spacial score (nSPS) is 25.5. The second-order valence-electron chi connectivity index (χ2n) is 12.3. The number of rotatable bonds is 5. The number of allylic oxidation sites excluding steroid dienone is 2. The van der Waals surface area contributed by atoms with Gasteiger partial charge in [-0.1, -0.05) is 42.5 Å². The maximum absolute atomic E-state index is 13.8. The van der Waals surface area contributed by atoms with Crippen LogP contribution in [0.5, 0.6) is 0 Å². The summed E-state index contributed by atoms with van der Waals surface area (Å²) in [5.74, 6) is 0.0234. The van der Waals surface area contributed by atoms with Crippen LogP contribution in [-0.2, 0) is 39.0 Å². The van der Waals surface area contributed by atoms with Gasteiger partial charge in [-0.05, 0) is 63.5 Å². The Hall–Kier alpha value is -3.46. The predicted octanol–water partition coefficient (Wildman–Crippen LogP) is 3.18. The number of likely N-dealkylation sites (tertiary alicyclic amines) is 1.